The van der Waals surface area contributed by atoms with Gasteiger partial charge in [-0.15, -0.1) is 0 Å². The van der Waals surface area contributed by atoms with Gasteiger partial charge < -0.3 is 15.3 Å². The predicted molar refractivity (Wildman–Crippen MR) is 50.8 cm³/mol. The first-order valence-corrected chi connectivity index (χ1v) is 4.98. The molecular weight excluding hydrogens is 241 g/mol. The fraction of sp³-hybridized carbons (Fsp3) is 0.778. The lowest BCUT2D eigenvalue weighted by molar-refractivity contribution is -0.202. The largest absolute Gasteiger partial charge is 0.416 e. The van der Waals surface area contributed by atoms with Crippen molar-refractivity contribution in [2.75, 3.05) is 20.1 Å². The van der Waals surface area contributed by atoms with Crippen molar-refractivity contribution in [3.8, 4) is 0 Å². The van der Waals surface area contributed by atoms with Crippen molar-refractivity contribution < 1.29 is 27.9 Å². The van der Waals surface area contributed by atoms with Gasteiger partial charge in [0, 0.05) is 20.0 Å². The second-order valence-electron chi connectivity index (χ2n) is 3.98. The van der Waals surface area contributed by atoms with Crippen LogP contribution in [0.15, 0.2) is 0 Å². The molecule has 0 radical (unpaired) electrons. The van der Waals surface area contributed by atoms with Crippen LogP contribution in [0.3, 0.4) is 0 Å². The molecule has 98 valence electrons. The highest BCUT2D eigenvalue weighted by molar-refractivity contribution is 5.89. The highest BCUT2D eigenvalue weighted by Gasteiger charge is 2.39. The van der Waals surface area contributed by atoms with Crippen LogP contribution in [0.25, 0.3) is 0 Å². The van der Waals surface area contributed by atoms with E-state index < -0.39 is 30.7 Å². The molecule has 0 aliphatic carbocycles. The van der Waals surface area contributed by atoms with Crippen LogP contribution in [0.5, 0.6) is 0 Å². The number of aliphatic hydroxyl groups excluding tert-OH is 1. The molecule has 1 aliphatic heterocycles. The summed E-state index contributed by atoms with van der Waals surface area (Å²) in [5.41, 5.74) is 0. The van der Waals surface area contributed by atoms with E-state index >= 15 is 0 Å². The van der Waals surface area contributed by atoms with Crippen molar-refractivity contribution in [1.82, 2.24) is 10.2 Å². The predicted octanol–water partition coefficient (Wildman–Crippen LogP) is -0.496. The van der Waals surface area contributed by atoms with Gasteiger partial charge in [0.15, 0.2) is 6.10 Å². The van der Waals surface area contributed by atoms with Crippen molar-refractivity contribution >= 4 is 11.8 Å². The van der Waals surface area contributed by atoms with Crippen molar-refractivity contribution in [2.45, 2.75) is 18.7 Å². The number of aliphatic hydroxyl groups is 1. The number of nitrogens with one attached hydrogen (secondary N) is 1. The summed E-state index contributed by atoms with van der Waals surface area (Å²) in [6.07, 6.45) is -7.35. The lowest BCUT2D eigenvalue weighted by atomic mass is 10.1. The van der Waals surface area contributed by atoms with Crippen molar-refractivity contribution in [1.29, 1.82) is 0 Å². The number of rotatable bonds is 3. The molecule has 1 saturated heterocycles. The molecule has 0 aromatic heterocycles. The van der Waals surface area contributed by atoms with E-state index in [0.29, 0.717) is 0 Å². The molecule has 0 saturated carbocycles. The maximum atomic E-state index is 11.9. The molecule has 8 heteroatoms. The van der Waals surface area contributed by atoms with Crippen LogP contribution in [0.4, 0.5) is 13.2 Å². The molecule has 2 unspecified atom stereocenters. The molecule has 1 rings (SSSR count). The Balaban J connectivity index is 2.39. The van der Waals surface area contributed by atoms with Crippen molar-refractivity contribution in [3.63, 3.8) is 0 Å². The number of carbonyl (C=O) groups is 2. The van der Waals surface area contributed by atoms with Gasteiger partial charge in [-0.1, -0.05) is 0 Å². The number of amides is 2. The first kappa shape index (κ1) is 13.8. The van der Waals surface area contributed by atoms with Gasteiger partial charge in [-0.25, -0.2) is 0 Å². The Labute approximate surface area is 95.6 Å². The molecule has 5 nitrogen and oxygen atoms in total. The summed E-state index contributed by atoms with van der Waals surface area (Å²) in [4.78, 5) is 23.8. The van der Waals surface area contributed by atoms with Crippen LogP contribution in [0, 0.1) is 5.92 Å². The standard InChI is InChI=1S/C9H13F3N2O3/c1-14-4-5(2-7(14)16)8(17)13-3-6(15)9(10,11)12/h5-6,15H,2-4H2,1H3,(H,13,17). The maximum Gasteiger partial charge on any atom is 0.416 e. The summed E-state index contributed by atoms with van der Waals surface area (Å²) in [5, 5.41) is 10.6. The molecular formula is C9H13F3N2O3. The average Bonchev–Trinajstić information content (AvgIpc) is 2.54. The molecule has 2 amide bonds. The fourth-order valence-corrected chi connectivity index (χ4v) is 1.50. The molecule has 1 aliphatic rings. The second-order valence-corrected chi connectivity index (χ2v) is 3.98. The summed E-state index contributed by atoms with van der Waals surface area (Å²) in [5.74, 6) is -1.51. The highest BCUT2D eigenvalue weighted by Crippen LogP contribution is 2.20. The topological polar surface area (TPSA) is 69.6 Å². The minimum absolute atomic E-state index is 0.00948. The Bertz CT molecular complexity index is 319. The van der Waals surface area contributed by atoms with Gasteiger partial charge in [-0.2, -0.15) is 13.2 Å². The van der Waals surface area contributed by atoms with Crippen molar-refractivity contribution in [3.05, 3.63) is 0 Å². The number of likely N-dealkylation sites (tertiary alicyclic amines) is 1. The van der Waals surface area contributed by atoms with Crippen LogP contribution < -0.4 is 5.32 Å². The summed E-state index contributed by atoms with van der Waals surface area (Å²) < 4.78 is 35.8. The smallest absolute Gasteiger partial charge is 0.382 e. The minimum Gasteiger partial charge on any atom is -0.382 e. The van der Waals surface area contributed by atoms with Gasteiger partial charge in [-0.05, 0) is 0 Å². The summed E-state index contributed by atoms with van der Waals surface area (Å²) in [6, 6.07) is 0. The van der Waals surface area contributed by atoms with Gasteiger partial charge in [0.25, 0.3) is 0 Å². The molecule has 2 N–H and O–H groups in total. The Morgan fingerprint density at radius 3 is 2.65 bits per heavy atom. The summed E-state index contributed by atoms with van der Waals surface area (Å²) >= 11 is 0. The first-order chi connectivity index (χ1) is 7.71. The maximum absolute atomic E-state index is 11.9. The second kappa shape index (κ2) is 4.91. The zero-order valence-electron chi connectivity index (χ0n) is 9.12. The van der Waals surface area contributed by atoms with Gasteiger partial charge in [0.05, 0.1) is 12.5 Å². The molecule has 0 bridgehead atoms. The van der Waals surface area contributed by atoms with E-state index in [1.165, 1.54) is 11.9 Å². The summed E-state index contributed by atoms with van der Waals surface area (Å²) in [7, 11) is 1.51. The zero-order chi connectivity index (χ0) is 13.2. The number of hydrogen-bond acceptors (Lipinski definition) is 3. The third kappa shape index (κ3) is 3.58. The molecule has 1 heterocycles. The summed E-state index contributed by atoms with van der Waals surface area (Å²) in [6.45, 7) is -0.705. The quantitative estimate of drug-likeness (QED) is 0.713. The molecule has 0 aromatic carbocycles. The monoisotopic (exact) mass is 254 g/mol. The normalized spacial score (nSPS) is 22.8. The number of alkyl halides is 3. The number of hydrogen-bond donors (Lipinski definition) is 2. The fourth-order valence-electron chi connectivity index (χ4n) is 1.50. The zero-order valence-corrected chi connectivity index (χ0v) is 9.12. The van der Waals surface area contributed by atoms with E-state index in [0.717, 1.165) is 0 Å². The Morgan fingerprint density at radius 2 is 2.24 bits per heavy atom. The van der Waals surface area contributed by atoms with Gasteiger partial charge in [-0.3, -0.25) is 9.59 Å². The van der Waals surface area contributed by atoms with Crippen molar-refractivity contribution in [2.24, 2.45) is 5.92 Å². The van der Waals surface area contributed by atoms with E-state index in [9.17, 15) is 22.8 Å². The Morgan fingerprint density at radius 1 is 1.65 bits per heavy atom. The SMILES string of the molecule is CN1CC(C(=O)NCC(O)C(F)(F)F)CC1=O. The van der Waals surface area contributed by atoms with Gasteiger partial charge >= 0.3 is 6.18 Å². The third-order valence-electron chi connectivity index (χ3n) is 2.56. The van der Waals surface area contributed by atoms with E-state index in [1.807, 2.05) is 5.32 Å². The average molecular weight is 254 g/mol. The van der Waals surface area contributed by atoms with Crippen LogP contribution in [0.2, 0.25) is 0 Å². The van der Waals surface area contributed by atoms with Gasteiger partial charge in [0.2, 0.25) is 11.8 Å². The minimum atomic E-state index is -4.75. The molecule has 1 fully saturated rings. The van der Waals surface area contributed by atoms with E-state index in [1.54, 1.807) is 0 Å². The molecule has 17 heavy (non-hydrogen) atoms. The van der Waals surface area contributed by atoms with Gasteiger partial charge in [0.1, 0.15) is 0 Å². The Kier molecular flexibility index (Phi) is 3.97. The third-order valence-corrected chi connectivity index (χ3v) is 2.56. The number of carbonyl (C=O) groups excluding carboxylic acids is 2. The number of halogens is 3. The number of nitrogens with zero attached hydrogens (tertiary/aromatic N) is 1. The lowest BCUT2D eigenvalue weighted by Gasteiger charge is -2.16. The van der Waals surface area contributed by atoms with E-state index in [4.69, 9.17) is 5.11 Å². The van der Waals surface area contributed by atoms with E-state index in [-0.39, 0.29) is 18.9 Å². The van der Waals surface area contributed by atoms with Crippen LogP contribution >= 0.6 is 0 Å². The van der Waals surface area contributed by atoms with Crippen LogP contribution in [0.1, 0.15) is 6.42 Å². The molecule has 0 spiro atoms. The lowest BCUT2D eigenvalue weighted by Crippen LogP contribution is -2.43. The van der Waals surface area contributed by atoms with E-state index in [2.05, 4.69) is 0 Å². The molecule has 0 aromatic rings. The van der Waals surface area contributed by atoms with Crippen LogP contribution in [-0.2, 0) is 9.59 Å². The molecule has 2 atom stereocenters. The Hall–Kier alpha value is -1.31. The highest BCUT2D eigenvalue weighted by atomic mass is 19.4. The first-order valence-electron chi connectivity index (χ1n) is 4.98. The van der Waals surface area contributed by atoms with Crippen LogP contribution in [-0.4, -0.2) is 54.2 Å².